The molecule has 0 fully saturated rings. The highest BCUT2D eigenvalue weighted by Crippen LogP contribution is 2.19. The summed E-state index contributed by atoms with van der Waals surface area (Å²) < 4.78 is 5.00. The van der Waals surface area contributed by atoms with Gasteiger partial charge in [-0.1, -0.05) is 18.6 Å². The molecule has 1 aliphatic rings. The lowest BCUT2D eigenvalue weighted by atomic mass is 9.95. The fourth-order valence-corrected chi connectivity index (χ4v) is 1.62. The van der Waals surface area contributed by atoms with E-state index in [1.807, 2.05) is 6.92 Å². The van der Waals surface area contributed by atoms with E-state index in [4.69, 9.17) is 4.74 Å². The summed E-state index contributed by atoms with van der Waals surface area (Å²) in [7, 11) is 0. The molecule has 13 heavy (non-hydrogen) atoms. The third kappa shape index (κ3) is 3.62. The molecule has 1 aliphatic carbocycles. The largest absolute Gasteiger partial charge is 0.466 e. The van der Waals surface area contributed by atoms with Crippen LogP contribution in [0.4, 0.5) is 0 Å². The van der Waals surface area contributed by atoms with Crippen molar-refractivity contribution in [2.45, 2.75) is 39.0 Å². The van der Waals surface area contributed by atoms with Crippen LogP contribution in [-0.4, -0.2) is 12.6 Å². The minimum Gasteiger partial charge on any atom is -0.466 e. The molecule has 0 aliphatic heterocycles. The van der Waals surface area contributed by atoms with Crippen molar-refractivity contribution >= 4 is 5.97 Å². The summed E-state index contributed by atoms with van der Waals surface area (Å²) in [5, 5.41) is 0. The van der Waals surface area contributed by atoms with Crippen molar-refractivity contribution in [2.24, 2.45) is 5.92 Å². The van der Waals surface area contributed by atoms with E-state index in [0.717, 1.165) is 25.7 Å². The van der Waals surface area contributed by atoms with Gasteiger partial charge in [0.05, 0.1) is 12.5 Å². The van der Waals surface area contributed by atoms with Crippen molar-refractivity contribution in [1.29, 1.82) is 0 Å². The van der Waals surface area contributed by atoms with E-state index >= 15 is 0 Å². The molecule has 74 valence electrons. The highest BCUT2D eigenvalue weighted by molar-refractivity contribution is 5.72. The minimum atomic E-state index is -0.0194. The van der Waals surface area contributed by atoms with Crippen LogP contribution < -0.4 is 0 Å². The summed E-state index contributed by atoms with van der Waals surface area (Å²) in [5.74, 6) is 0.0885. The van der Waals surface area contributed by atoms with Crippen LogP contribution in [0.25, 0.3) is 0 Å². The number of carbonyl (C=O) groups excluding carboxylic acids is 1. The molecule has 0 aromatic heterocycles. The highest BCUT2D eigenvalue weighted by atomic mass is 16.5. The molecule has 0 aromatic carbocycles. The van der Waals surface area contributed by atoms with Gasteiger partial charge in [-0.2, -0.15) is 0 Å². The quantitative estimate of drug-likeness (QED) is 0.485. The maximum absolute atomic E-state index is 11.4. The Bertz CT molecular complexity index is 185. The molecule has 0 heterocycles. The average Bonchev–Trinajstić information content (AvgIpc) is 2.03. The molecule has 0 amide bonds. The maximum atomic E-state index is 11.4. The fraction of sp³-hybridized carbons (Fsp3) is 0.727. The van der Waals surface area contributed by atoms with E-state index in [0.29, 0.717) is 6.61 Å². The van der Waals surface area contributed by atoms with Crippen LogP contribution in [0, 0.1) is 5.92 Å². The number of hydrogen-bond donors (Lipinski definition) is 0. The number of hydrogen-bond acceptors (Lipinski definition) is 2. The van der Waals surface area contributed by atoms with Crippen LogP contribution in [0.15, 0.2) is 12.2 Å². The third-order valence-electron chi connectivity index (χ3n) is 2.38. The zero-order chi connectivity index (χ0) is 9.52. The van der Waals surface area contributed by atoms with Crippen LogP contribution >= 0.6 is 0 Å². The van der Waals surface area contributed by atoms with Gasteiger partial charge >= 0.3 is 5.97 Å². The lowest BCUT2D eigenvalue weighted by molar-refractivity contribution is -0.148. The van der Waals surface area contributed by atoms with Crippen molar-refractivity contribution < 1.29 is 9.53 Å². The lowest BCUT2D eigenvalue weighted by Crippen LogP contribution is -2.17. The molecule has 0 aromatic rings. The Morgan fingerprint density at radius 3 is 3.08 bits per heavy atom. The van der Waals surface area contributed by atoms with Crippen molar-refractivity contribution in [3.63, 3.8) is 0 Å². The predicted octanol–water partition coefficient (Wildman–Crippen LogP) is 2.69. The second-order valence-corrected chi connectivity index (χ2v) is 3.44. The molecular formula is C11H18O2. The summed E-state index contributed by atoms with van der Waals surface area (Å²) >= 11 is 0. The second kappa shape index (κ2) is 5.79. The van der Waals surface area contributed by atoms with Gasteiger partial charge in [0.15, 0.2) is 0 Å². The standard InChI is InChI=1S/C11H18O2/c1-2-13-11(12)10-8-6-4-3-5-7-9-10/h4,6,10H,2-3,5,7-9H2,1H3/b6-4-. The SMILES string of the molecule is CCOC(=O)C1C/C=C\CCCC1. The lowest BCUT2D eigenvalue weighted by Gasteiger charge is -2.14. The van der Waals surface area contributed by atoms with Crippen LogP contribution in [0.3, 0.4) is 0 Å². The minimum absolute atomic E-state index is 0.0194. The van der Waals surface area contributed by atoms with Crippen LogP contribution in [0.1, 0.15) is 39.0 Å². The van der Waals surface area contributed by atoms with Gasteiger partial charge in [-0.05, 0) is 32.6 Å². The number of ether oxygens (including phenoxy) is 1. The van der Waals surface area contributed by atoms with Gasteiger partial charge in [0.1, 0.15) is 0 Å². The zero-order valence-corrected chi connectivity index (χ0v) is 8.29. The summed E-state index contributed by atoms with van der Waals surface area (Å²) in [5.41, 5.74) is 0. The Morgan fingerprint density at radius 1 is 1.46 bits per heavy atom. The van der Waals surface area contributed by atoms with Gasteiger partial charge in [-0.25, -0.2) is 0 Å². The number of carbonyl (C=O) groups is 1. The maximum Gasteiger partial charge on any atom is 0.309 e. The summed E-state index contributed by atoms with van der Waals surface area (Å²) in [6, 6.07) is 0. The first kappa shape index (κ1) is 10.3. The number of esters is 1. The van der Waals surface area contributed by atoms with Gasteiger partial charge in [-0.3, -0.25) is 4.79 Å². The predicted molar refractivity (Wildman–Crippen MR) is 52.3 cm³/mol. The van der Waals surface area contributed by atoms with Crippen molar-refractivity contribution in [1.82, 2.24) is 0 Å². The Labute approximate surface area is 80.0 Å². The Morgan fingerprint density at radius 2 is 2.31 bits per heavy atom. The molecule has 1 rings (SSSR count). The van der Waals surface area contributed by atoms with Gasteiger partial charge in [0.25, 0.3) is 0 Å². The molecule has 1 atom stereocenters. The Kier molecular flexibility index (Phi) is 4.58. The van der Waals surface area contributed by atoms with Gasteiger partial charge in [0.2, 0.25) is 0 Å². The smallest absolute Gasteiger partial charge is 0.309 e. The molecule has 0 saturated carbocycles. The molecule has 2 heteroatoms. The van der Waals surface area contributed by atoms with Gasteiger partial charge < -0.3 is 4.74 Å². The van der Waals surface area contributed by atoms with E-state index in [-0.39, 0.29) is 11.9 Å². The molecule has 2 nitrogen and oxygen atoms in total. The summed E-state index contributed by atoms with van der Waals surface area (Å²) in [6.45, 7) is 2.36. The molecule has 0 radical (unpaired) electrons. The van der Waals surface area contributed by atoms with Crippen LogP contribution in [-0.2, 0) is 9.53 Å². The zero-order valence-electron chi connectivity index (χ0n) is 8.29. The molecule has 0 saturated heterocycles. The Hall–Kier alpha value is -0.790. The van der Waals surface area contributed by atoms with E-state index < -0.39 is 0 Å². The van der Waals surface area contributed by atoms with Crippen molar-refractivity contribution in [3.8, 4) is 0 Å². The average molecular weight is 182 g/mol. The topological polar surface area (TPSA) is 26.3 Å². The van der Waals surface area contributed by atoms with Gasteiger partial charge in [-0.15, -0.1) is 0 Å². The van der Waals surface area contributed by atoms with Crippen LogP contribution in [0.2, 0.25) is 0 Å². The third-order valence-corrected chi connectivity index (χ3v) is 2.38. The first-order valence-electron chi connectivity index (χ1n) is 5.16. The van der Waals surface area contributed by atoms with Gasteiger partial charge in [0, 0.05) is 0 Å². The molecule has 0 bridgehead atoms. The molecule has 0 N–H and O–H groups in total. The number of rotatable bonds is 2. The molecular weight excluding hydrogens is 164 g/mol. The van der Waals surface area contributed by atoms with E-state index in [9.17, 15) is 4.79 Å². The van der Waals surface area contributed by atoms with E-state index in [1.54, 1.807) is 0 Å². The first-order valence-corrected chi connectivity index (χ1v) is 5.16. The summed E-state index contributed by atoms with van der Waals surface area (Å²) in [4.78, 5) is 11.4. The molecule has 0 spiro atoms. The first-order chi connectivity index (χ1) is 6.34. The monoisotopic (exact) mass is 182 g/mol. The van der Waals surface area contributed by atoms with E-state index in [2.05, 4.69) is 12.2 Å². The van der Waals surface area contributed by atoms with Crippen molar-refractivity contribution in [2.75, 3.05) is 6.61 Å². The fourth-order valence-electron chi connectivity index (χ4n) is 1.62. The second-order valence-electron chi connectivity index (χ2n) is 3.44. The van der Waals surface area contributed by atoms with Crippen LogP contribution in [0.5, 0.6) is 0 Å². The molecule has 1 unspecified atom stereocenters. The van der Waals surface area contributed by atoms with Crippen molar-refractivity contribution in [3.05, 3.63) is 12.2 Å². The normalized spacial score (nSPS) is 25.8. The Balaban J connectivity index is 2.41. The highest BCUT2D eigenvalue weighted by Gasteiger charge is 2.18. The van der Waals surface area contributed by atoms with E-state index in [1.165, 1.54) is 6.42 Å². The number of allylic oxidation sites excluding steroid dienone is 2. The summed E-state index contributed by atoms with van der Waals surface area (Å²) in [6.07, 6.45) is 9.64.